The van der Waals surface area contributed by atoms with Crippen molar-refractivity contribution in [3.8, 4) is 0 Å². The molecule has 0 saturated heterocycles. The van der Waals surface area contributed by atoms with Crippen LogP contribution in [-0.4, -0.2) is 23.0 Å². The van der Waals surface area contributed by atoms with E-state index in [4.69, 9.17) is 0 Å². The molecular weight excluding hydrogens is 288 g/mol. The Hall–Kier alpha value is -0.760. The van der Waals surface area contributed by atoms with E-state index in [0.717, 1.165) is 17.7 Å². The van der Waals surface area contributed by atoms with Crippen LogP contribution < -0.4 is 0 Å². The summed E-state index contributed by atoms with van der Waals surface area (Å²) < 4.78 is 0. The van der Waals surface area contributed by atoms with Gasteiger partial charge in [-0.15, -0.1) is 0 Å². The largest absolute Gasteiger partial charge is 0.289 e. The topological polar surface area (TPSA) is 17.1 Å². The summed E-state index contributed by atoms with van der Waals surface area (Å²) in [5.41, 5.74) is 2.24. The second-order valence-electron chi connectivity index (χ2n) is 6.23. The molecule has 1 unspecified atom stereocenters. The molecule has 0 heterocycles. The van der Waals surface area contributed by atoms with Crippen LogP contribution in [0.4, 0.5) is 0 Å². The predicted octanol–water partition coefficient (Wildman–Crippen LogP) is 5.60. The Kier molecular flexibility index (Phi) is 9.54. The van der Waals surface area contributed by atoms with Crippen molar-refractivity contribution in [2.45, 2.75) is 65.7 Å². The number of hydrogen-bond donors (Lipinski definition) is 0. The van der Waals surface area contributed by atoms with Crippen LogP contribution >= 0.6 is 0 Å². The lowest BCUT2D eigenvalue weighted by atomic mass is 9.97. The SMILES string of the molecule is CCCC[S+](CCCC)CC(=O)c1ccc(C(C)CC)cc1. The number of carbonyl (C=O) groups is 1. The van der Waals surface area contributed by atoms with Crippen molar-refractivity contribution < 1.29 is 4.79 Å². The number of carbonyl (C=O) groups excluding carboxylic acids is 1. The van der Waals surface area contributed by atoms with Gasteiger partial charge in [-0.3, -0.25) is 4.79 Å². The number of benzene rings is 1. The van der Waals surface area contributed by atoms with Gasteiger partial charge < -0.3 is 0 Å². The maximum Gasteiger partial charge on any atom is 0.211 e. The molecule has 2 heteroatoms. The second-order valence-corrected chi connectivity index (χ2v) is 8.56. The van der Waals surface area contributed by atoms with Crippen molar-refractivity contribution >= 4 is 16.7 Å². The maximum atomic E-state index is 12.5. The molecule has 0 N–H and O–H groups in total. The van der Waals surface area contributed by atoms with E-state index in [2.05, 4.69) is 39.8 Å². The van der Waals surface area contributed by atoms with Crippen LogP contribution in [0.1, 0.15) is 81.6 Å². The maximum absolute atomic E-state index is 12.5. The molecule has 0 bridgehead atoms. The summed E-state index contributed by atoms with van der Waals surface area (Å²) in [4.78, 5) is 12.5. The molecule has 0 amide bonds. The highest BCUT2D eigenvalue weighted by molar-refractivity contribution is 7.97. The van der Waals surface area contributed by atoms with Gasteiger partial charge >= 0.3 is 0 Å². The van der Waals surface area contributed by atoms with Crippen molar-refractivity contribution in [1.29, 1.82) is 0 Å². The number of unbranched alkanes of at least 4 members (excludes halogenated alkanes) is 2. The molecule has 1 rings (SSSR count). The summed E-state index contributed by atoms with van der Waals surface area (Å²) in [6, 6.07) is 8.34. The lowest BCUT2D eigenvalue weighted by Gasteiger charge is -2.10. The lowest BCUT2D eigenvalue weighted by molar-refractivity contribution is 0.102. The highest BCUT2D eigenvalue weighted by atomic mass is 32.2. The third-order valence-electron chi connectivity index (χ3n) is 4.32. The van der Waals surface area contributed by atoms with E-state index >= 15 is 0 Å². The van der Waals surface area contributed by atoms with Gasteiger partial charge in [-0.05, 0) is 41.6 Å². The van der Waals surface area contributed by atoms with Gasteiger partial charge in [-0.1, -0.05) is 64.8 Å². The van der Waals surface area contributed by atoms with Crippen LogP contribution in [0.2, 0.25) is 0 Å². The summed E-state index contributed by atoms with van der Waals surface area (Å²) in [6.45, 7) is 8.91. The molecule has 0 aliphatic heterocycles. The fraction of sp³-hybridized carbons (Fsp3) is 0.650. The quantitative estimate of drug-likeness (QED) is 0.383. The van der Waals surface area contributed by atoms with E-state index in [1.807, 2.05) is 12.1 Å². The van der Waals surface area contributed by atoms with Crippen LogP contribution in [0, 0.1) is 0 Å². The van der Waals surface area contributed by atoms with E-state index in [9.17, 15) is 4.79 Å². The Labute approximate surface area is 140 Å². The highest BCUT2D eigenvalue weighted by Crippen LogP contribution is 2.19. The minimum atomic E-state index is 0.280. The van der Waals surface area contributed by atoms with Crippen molar-refractivity contribution in [3.05, 3.63) is 35.4 Å². The molecule has 0 radical (unpaired) electrons. The van der Waals surface area contributed by atoms with Gasteiger partial charge in [0, 0.05) is 5.56 Å². The van der Waals surface area contributed by atoms with Crippen molar-refractivity contribution in [1.82, 2.24) is 0 Å². The zero-order valence-corrected chi connectivity index (χ0v) is 15.7. The third-order valence-corrected chi connectivity index (χ3v) is 6.72. The number of rotatable bonds is 11. The minimum absolute atomic E-state index is 0.280. The normalized spacial score (nSPS) is 12.6. The molecule has 0 spiro atoms. The van der Waals surface area contributed by atoms with Gasteiger partial charge in [0.15, 0.2) is 5.75 Å². The Bertz CT molecular complexity index is 416. The zero-order chi connectivity index (χ0) is 16.4. The molecule has 0 aliphatic carbocycles. The Morgan fingerprint density at radius 1 is 1.00 bits per heavy atom. The highest BCUT2D eigenvalue weighted by Gasteiger charge is 2.22. The minimum Gasteiger partial charge on any atom is -0.289 e. The third kappa shape index (κ3) is 6.56. The Balaban J connectivity index is 2.63. The van der Waals surface area contributed by atoms with Gasteiger partial charge in [0.25, 0.3) is 0 Å². The van der Waals surface area contributed by atoms with Crippen LogP contribution in [0.15, 0.2) is 24.3 Å². The monoisotopic (exact) mass is 321 g/mol. The molecule has 0 aromatic heterocycles. The summed E-state index contributed by atoms with van der Waals surface area (Å²) in [7, 11) is 0.280. The first-order chi connectivity index (χ1) is 10.6. The molecule has 1 atom stereocenters. The van der Waals surface area contributed by atoms with Crippen molar-refractivity contribution in [3.63, 3.8) is 0 Å². The molecule has 1 aromatic rings. The fourth-order valence-corrected chi connectivity index (χ4v) is 4.87. The lowest BCUT2D eigenvalue weighted by Crippen LogP contribution is -2.22. The average Bonchev–Trinajstić information content (AvgIpc) is 2.56. The Morgan fingerprint density at radius 3 is 2.00 bits per heavy atom. The van der Waals surface area contributed by atoms with Gasteiger partial charge in [0.2, 0.25) is 5.78 Å². The molecule has 0 aliphatic rings. The first kappa shape index (κ1) is 19.3. The summed E-state index contributed by atoms with van der Waals surface area (Å²) >= 11 is 0. The van der Waals surface area contributed by atoms with Gasteiger partial charge in [-0.2, -0.15) is 0 Å². The van der Waals surface area contributed by atoms with Crippen LogP contribution in [0.3, 0.4) is 0 Å². The predicted molar refractivity (Wildman–Crippen MR) is 101 cm³/mol. The molecule has 22 heavy (non-hydrogen) atoms. The van der Waals surface area contributed by atoms with Crippen LogP contribution in [-0.2, 0) is 10.9 Å². The molecular formula is C20H33OS+. The summed E-state index contributed by atoms with van der Waals surface area (Å²) in [5, 5.41) is 0. The Morgan fingerprint density at radius 2 is 1.55 bits per heavy atom. The second kappa shape index (κ2) is 10.9. The summed E-state index contributed by atoms with van der Waals surface area (Å²) in [6.07, 6.45) is 6.12. The van der Waals surface area contributed by atoms with Crippen molar-refractivity contribution in [2.24, 2.45) is 0 Å². The van der Waals surface area contributed by atoms with E-state index in [1.54, 1.807) is 0 Å². The van der Waals surface area contributed by atoms with Gasteiger partial charge in [0.05, 0.1) is 0 Å². The molecule has 1 aromatic carbocycles. The number of ketones is 1. The van der Waals surface area contributed by atoms with E-state index < -0.39 is 0 Å². The smallest absolute Gasteiger partial charge is 0.211 e. The number of hydrogen-bond acceptors (Lipinski definition) is 1. The number of Topliss-reactive ketones (excluding diaryl/α,β-unsaturated/α-hetero) is 1. The average molecular weight is 322 g/mol. The molecule has 0 fully saturated rings. The molecule has 1 nitrogen and oxygen atoms in total. The van der Waals surface area contributed by atoms with Gasteiger partial charge in [0.1, 0.15) is 11.5 Å². The summed E-state index contributed by atoms with van der Waals surface area (Å²) in [5.74, 6) is 4.13. The first-order valence-corrected chi connectivity index (χ1v) is 10.6. The van der Waals surface area contributed by atoms with Crippen LogP contribution in [0.5, 0.6) is 0 Å². The zero-order valence-electron chi connectivity index (χ0n) is 14.9. The van der Waals surface area contributed by atoms with E-state index in [0.29, 0.717) is 11.7 Å². The molecule has 0 saturated carbocycles. The molecule has 124 valence electrons. The van der Waals surface area contributed by atoms with E-state index in [1.165, 1.54) is 42.8 Å². The van der Waals surface area contributed by atoms with E-state index in [-0.39, 0.29) is 10.9 Å². The fourth-order valence-electron chi connectivity index (χ4n) is 2.45. The van der Waals surface area contributed by atoms with Gasteiger partial charge in [-0.25, -0.2) is 0 Å². The standard InChI is InChI=1S/C20H33OS/c1-5-8-14-22(15-9-6-2)16-20(21)19-12-10-18(11-13-19)17(4)7-3/h10-13,17H,5-9,14-16H2,1-4H3/q+1. The first-order valence-electron chi connectivity index (χ1n) is 8.89. The van der Waals surface area contributed by atoms with Crippen molar-refractivity contribution in [2.75, 3.05) is 17.3 Å². The van der Waals surface area contributed by atoms with Crippen LogP contribution in [0.25, 0.3) is 0 Å².